The Hall–Kier alpha value is -2.54. The van der Waals surface area contributed by atoms with Gasteiger partial charge in [0, 0.05) is 10.6 Å². The summed E-state index contributed by atoms with van der Waals surface area (Å²) in [5, 5.41) is 7.50. The molecule has 124 valence electrons. The van der Waals surface area contributed by atoms with Gasteiger partial charge in [0.15, 0.2) is 17.5 Å². The predicted octanol–water partition coefficient (Wildman–Crippen LogP) is 4.05. The predicted molar refractivity (Wildman–Crippen MR) is 88.1 cm³/mol. The van der Waals surface area contributed by atoms with Crippen molar-refractivity contribution in [3.8, 4) is 11.5 Å². The van der Waals surface area contributed by atoms with Crippen molar-refractivity contribution in [2.24, 2.45) is 0 Å². The first-order valence-corrected chi connectivity index (χ1v) is 7.81. The van der Waals surface area contributed by atoms with Gasteiger partial charge in [0.05, 0.1) is 11.7 Å². The van der Waals surface area contributed by atoms with E-state index in [1.54, 1.807) is 31.2 Å². The van der Waals surface area contributed by atoms with Crippen LogP contribution in [-0.2, 0) is 6.42 Å². The van der Waals surface area contributed by atoms with Crippen molar-refractivity contribution < 1.29 is 8.91 Å². The van der Waals surface area contributed by atoms with E-state index in [-0.39, 0.29) is 11.9 Å². The third kappa shape index (κ3) is 3.35. The normalized spacial score (nSPS) is 12.2. The van der Waals surface area contributed by atoms with Crippen molar-refractivity contribution in [1.82, 2.24) is 20.1 Å². The molecule has 0 saturated heterocycles. The molecule has 6 nitrogen and oxygen atoms in total. The molecule has 2 heterocycles. The lowest BCUT2D eigenvalue weighted by molar-refractivity contribution is 0.419. The first kappa shape index (κ1) is 16.3. The van der Waals surface area contributed by atoms with E-state index in [1.165, 1.54) is 6.33 Å². The molecule has 0 saturated carbocycles. The van der Waals surface area contributed by atoms with Crippen molar-refractivity contribution in [1.29, 1.82) is 0 Å². The standard InChI is InChI=1S/C16H15ClFN5O/c1-3-12-13(18)15(20-8-19-12)21-9(2)14-22-16(24-23-14)10-4-6-11(17)7-5-10/h4-9H,3H2,1-2H3,(H,19,20,21). The summed E-state index contributed by atoms with van der Waals surface area (Å²) in [4.78, 5) is 12.2. The largest absolute Gasteiger partial charge is 0.358 e. The number of halogens is 2. The lowest BCUT2D eigenvalue weighted by Crippen LogP contribution is -2.12. The van der Waals surface area contributed by atoms with Crippen molar-refractivity contribution in [3.63, 3.8) is 0 Å². The Bertz CT molecular complexity index is 837. The highest BCUT2D eigenvalue weighted by Gasteiger charge is 2.18. The molecule has 24 heavy (non-hydrogen) atoms. The van der Waals surface area contributed by atoms with E-state index in [0.717, 1.165) is 5.56 Å². The number of rotatable bonds is 5. The average Bonchev–Trinajstić information content (AvgIpc) is 3.07. The minimum atomic E-state index is -0.465. The van der Waals surface area contributed by atoms with E-state index < -0.39 is 5.82 Å². The quantitative estimate of drug-likeness (QED) is 0.750. The molecule has 0 amide bonds. The summed E-state index contributed by atoms with van der Waals surface area (Å²) in [6.45, 7) is 3.62. The van der Waals surface area contributed by atoms with Gasteiger partial charge in [0.2, 0.25) is 0 Å². The number of aromatic nitrogens is 4. The molecule has 3 aromatic rings. The van der Waals surface area contributed by atoms with E-state index in [1.807, 2.05) is 6.92 Å². The average molecular weight is 348 g/mol. The van der Waals surface area contributed by atoms with Crippen LogP contribution < -0.4 is 5.32 Å². The van der Waals surface area contributed by atoms with Gasteiger partial charge in [-0.1, -0.05) is 23.7 Å². The fraction of sp³-hybridized carbons (Fsp3) is 0.250. The van der Waals surface area contributed by atoms with Crippen molar-refractivity contribution in [3.05, 3.63) is 53.0 Å². The summed E-state index contributed by atoms with van der Waals surface area (Å²) in [6.07, 6.45) is 1.81. The maximum absolute atomic E-state index is 14.2. The lowest BCUT2D eigenvalue weighted by Gasteiger charge is -2.12. The summed E-state index contributed by atoms with van der Waals surface area (Å²) < 4.78 is 19.4. The van der Waals surface area contributed by atoms with E-state index in [9.17, 15) is 4.39 Å². The SMILES string of the molecule is CCc1ncnc(NC(C)c2noc(-c3ccc(Cl)cc3)n2)c1F. The Balaban J connectivity index is 1.79. The fourth-order valence-corrected chi connectivity index (χ4v) is 2.27. The number of anilines is 1. The highest BCUT2D eigenvalue weighted by atomic mass is 35.5. The Morgan fingerprint density at radius 2 is 2.00 bits per heavy atom. The maximum Gasteiger partial charge on any atom is 0.257 e. The third-order valence-corrected chi connectivity index (χ3v) is 3.72. The fourth-order valence-electron chi connectivity index (χ4n) is 2.14. The second-order valence-corrected chi connectivity index (χ2v) is 5.60. The molecular weight excluding hydrogens is 333 g/mol. The van der Waals surface area contributed by atoms with Gasteiger partial charge in [-0.15, -0.1) is 0 Å². The van der Waals surface area contributed by atoms with Gasteiger partial charge in [-0.05, 0) is 37.6 Å². The van der Waals surface area contributed by atoms with Crippen LogP contribution in [0.4, 0.5) is 10.2 Å². The molecule has 0 aliphatic carbocycles. The molecule has 0 bridgehead atoms. The van der Waals surface area contributed by atoms with Crippen LogP contribution in [0.25, 0.3) is 11.5 Å². The minimum Gasteiger partial charge on any atom is -0.358 e. The first-order chi connectivity index (χ1) is 11.6. The Morgan fingerprint density at radius 1 is 1.25 bits per heavy atom. The van der Waals surface area contributed by atoms with Crippen LogP contribution >= 0.6 is 11.6 Å². The molecule has 1 N–H and O–H groups in total. The molecular formula is C16H15ClFN5O. The smallest absolute Gasteiger partial charge is 0.257 e. The maximum atomic E-state index is 14.2. The van der Waals surface area contributed by atoms with Crippen molar-refractivity contribution >= 4 is 17.4 Å². The number of hydrogen-bond donors (Lipinski definition) is 1. The molecule has 1 unspecified atom stereocenters. The van der Waals surface area contributed by atoms with Crippen LogP contribution in [0.3, 0.4) is 0 Å². The number of aryl methyl sites for hydroxylation is 1. The summed E-state index contributed by atoms with van der Waals surface area (Å²) in [6, 6.07) is 6.67. The molecule has 0 spiro atoms. The molecule has 0 radical (unpaired) electrons. The first-order valence-electron chi connectivity index (χ1n) is 7.44. The van der Waals surface area contributed by atoms with Gasteiger partial charge in [-0.25, -0.2) is 14.4 Å². The van der Waals surface area contributed by atoms with Gasteiger partial charge >= 0.3 is 0 Å². The zero-order chi connectivity index (χ0) is 17.1. The van der Waals surface area contributed by atoms with Crippen LogP contribution in [0.5, 0.6) is 0 Å². The molecule has 2 aromatic heterocycles. The van der Waals surface area contributed by atoms with Gasteiger partial charge in [0.25, 0.3) is 5.89 Å². The third-order valence-electron chi connectivity index (χ3n) is 3.47. The highest BCUT2D eigenvalue weighted by molar-refractivity contribution is 6.30. The monoisotopic (exact) mass is 347 g/mol. The van der Waals surface area contributed by atoms with Crippen LogP contribution in [0.2, 0.25) is 5.02 Å². The summed E-state index contributed by atoms with van der Waals surface area (Å²) in [7, 11) is 0. The molecule has 1 atom stereocenters. The van der Waals surface area contributed by atoms with Crippen LogP contribution in [0.15, 0.2) is 35.1 Å². The number of hydrogen-bond acceptors (Lipinski definition) is 6. The zero-order valence-corrected chi connectivity index (χ0v) is 13.9. The number of benzene rings is 1. The second kappa shape index (κ2) is 6.92. The van der Waals surface area contributed by atoms with Gasteiger partial charge in [0.1, 0.15) is 6.33 Å². The summed E-state index contributed by atoms with van der Waals surface area (Å²) in [5.74, 6) is 0.421. The van der Waals surface area contributed by atoms with Gasteiger partial charge in [-0.3, -0.25) is 0 Å². The van der Waals surface area contributed by atoms with E-state index in [4.69, 9.17) is 16.1 Å². The second-order valence-electron chi connectivity index (χ2n) is 5.17. The van der Waals surface area contributed by atoms with Crippen LogP contribution in [-0.4, -0.2) is 20.1 Å². The molecule has 0 aliphatic rings. The number of nitrogens with one attached hydrogen (secondary N) is 1. The molecule has 3 rings (SSSR count). The minimum absolute atomic E-state index is 0.118. The van der Waals surface area contributed by atoms with E-state index in [2.05, 4.69) is 25.4 Å². The van der Waals surface area contributed by atoms with E-state index in [0.29, 0.717) is 28.9 Å². The molecule has 8 heteroatoms. The number of nitrogens with zero attached hydrogens (tertiary/aromatic N) is 4. The highest BCUT2D eigenvalue weighted by Crippen LogP contribution is 2.23. The van der Waals surface area contributed by atoms with Crippen LogP contribution in [0, 0.1) is 5.82 Å². The zero-order valence-electron chi connectivity index (χ0n) is 13.1. The molecule has 0 fully saturated rings. The van der Waals surface area contributed by atoms with E-state index >= 15 is 0 Å². The van der Waals surface area contributed by atoms with Gasteiger partial charge in [-0.2, -0.15) is 4.98 Å². The lowest BCUT2D eigenvalue weighted by atomic mass is 10.2. The topological polar surface area (TPSA) is 76.7 Å². The van der Waals surface area contributed by atoms with Crippen molar-refractivity contribution in [2.45, 2.75) is 26.3 Å². The Labute approximate surface area is 143 Å². The molecule has 0 aliphatic heterocycles. The van der Waals surface area contributed by atoms with Gasteiger partial charge < -0.3 is 9.84 Å². The van der Waals surface area contributed by atoms with Crippen molar-refractivity contribution in [2.75, 3.05) is 5.32 Å². The summed E-state index contributed by atoms with van der Waals surface area (Å²) >= 11 is 5.86. The Morgan fingerprint density at radius 3 is 2.71 bits per heavy atom. The van der Waals surface area contributed by atoms with Crippen LogP contribution in [0.1, 0.15) is 31.4 Å². The Kier molecular flexibility index (Phi) is 4.71. The molecule has 1 aromatic carbocycles. The summed E-state index contributed by atoms with van der Waals surface area (Å²) in [5.41, 5.74) is 1.11.